The van der Waals surface area contributed by atoms with E-state index >= 15 is 0 Å². The summed E-state index contributed by atoms with van der Waals surface area (Å²) in [6, 6.07) is 0. The number of nitrogens with zero attached hydrogens (tertiary/aromatic N) is 4. The van der Waals surface area contributed by atoms with E-state index in [1.54, 1.807) is 0 Å². The minimum Gasteiger partial charge on any atom is -0.592 e. The van der Waals surface area contributed by atoms with Gasteiger partial charge in [0, 0.05) is 9.72 Å². The summed E-state index contributed by atoms with van der Waals surface area (Å²) >= 11 is 0. The van der Waals surface area contributed by atoms with E-state index in [-0.39, 0.29) is 9.72 Å². The highest BCUT2D eigenvalue weighted by Gasteiger charge is 2.28. The molecule has 1 N–H and O–H groups in total. The summed E-state index contributed by atoms with van der Waals surface area (Å²) in [6.07, 6.45) is -1.51. The molecule has 0 fully saturated rings. The van der Waals surface area contributed by atoms with Crippen LogP contribution in [0.4, 0.5) is 0 Å². The van der Waals surface area contributed by atoms with E-state index in [0.29, 0.717) is 0 Å². The number of rotatable bonds is 5. The molecule has 9 heteroatoms. The molecule has 0 aromatic heterocycles. The van der Waals surface area contributed by atoms with Crippen LogP contribution in [0.15, 0.2) is 10.6 Å². The monoisotopic (exact) mass is 194 g/mol. The zero-order chi connectivity index (χ0) is 10.3. The van der Waals surface area contributed by atoms with Gasteiger partial charge < -0.3 is 25.2 Å². The van der Waals surface area contributed by atoms with Crippen molar-refractivity contribution in [2.75, 3.05) is 20.8 Å². The fourth-order valence-corrected chi connectivity index (χ4v) is 0.494. The molecule has 0 aliphatic heterocycles. The summed E-state index contributed by atoms with van der Waals surface area (Å²) < 4.78 is 0. The maximum Gasteiger partial charge on any atom is 0.439 e. The van der Waals surface area contributed by atoms with Gasteiger partial charge in [-0.2, -0.15) is 0 Å². The number of hydroxylamine groups is 2. The van der Waals surface area contributed by atoms with Crippen molar-refractivity contribution in [1.29, 1.82) is 0 Å². The van der Waals surface area contributed by atoms with Crippen LogP contribution in [0.3, 0.4) is 0 Å². The van der Waals surface area contributed by atoms with Crippen molar-refractivity contribution in [3.8, 4) is 0 Å². The molecule has 9 nitrogen and oxygen atoms in total. The Hall–Kier alpha value is -1.64. The lowest BCUT2D eigenvalue weighted by Gasteiger charge is -2.06. The van der Waals surface area contributed by atoms with Gasteiger partial charge in [0.2, 0.25) is 10.6 Å². The van der Waals surface area contributed by atoms with Crippen LogP contribution < -0.4 is 0 Å². The standard InChI is InChI=1S/C4H10N4O5/c1-12-5-7(10)4(3-9)8(11)6-13-2/h4,9H,3H2,1-2H3. The molecule has 0 unspecified atom stereocenters. The third-order valence-electron chi connectivity index (χ3n) is 0.997. The molecule has 0 aromatic rings. The zero-order valence-corrected chi connectivity index (χ0v) is 7.15. The van der Waals surface area contributed by atoms with Gasteiger partial charge >= 0.3 is 6.17 Å². The van der Waals surface area contributed by atoms with E-state index in [2.05, 4.69) is 20.2 Å². The quantitative estimate of drug-likeness (QED) is 0.270. The lowest BCUT2D eigenvalue weighted by atomic mass is 10.6. The smallest absolute Gasteiger partial charge is 0.439 e. The van der Waals surface area contributed by atoms with Crippen LogP contribution in [0.2, 0.25) is 0 Å². The molecular weight excluding hydrogens is 184 g/mol. The molecule has 0 spiro atoms. The van der Waals surface area contributed by atoms with Gasteiger partial charge in [-0.15, -0.1) is 0 Å². The molecular formula is C4H10N4O5. The van der Waals surface area contributed by atoms with Gasteiger partial charge in [-0.05, 0) is 0 Å². The van der Waals surface area contributed by atoms with Crippen molar-refractivity contribution < 1.29 is 24.5 Å². The first-order valence-corrected chi connectivity index (χ1v) is 3.19. The van der Waals surface area contributed by atoms with E-state index in [1.165, 1.54) is 0 Å². The molecule has 0 saturated carbocycles. The number of aliphatic hydroxyl groups excluding tert-OH is 1. The largest absolute Gasteiger partial charge is 0.592 e. The van der Waals surface area contributed by atoms with Gasteiger partial charge in [-0.3, -0.25) is 0 Å². The average Bonchev–Trinajstić information content (AvgIpc) is 2.06. The Morgan fingerprint density at radius 3 is 1.85 bits per heavy atom. The summed E-state index contributed by atoms with van der Waals surface area (Å²) in [5.41, 5.74) is 0. The maximum absolute atomic E-state index is 10.8. The molecule has 0 bridgehead atoms. The van der Waals surface area contributed by atoms with Crippen LogP contribution in [0, 0.1) is 10.4 Å². The van der Waals surface area contributed by atoms with Crippen LogP contribution >= 0.6 is 0 Å². The summed E-state index contributed by atoms with van der Waals surface area (Å²) in [6.45, 7) is -0.757. The summed E-state index contributed by atoms with van der Waals surface area (Å²) in [5.74, 6) is 0. The number of hydrogen-bond acceptors (Lipinski definition) is 7. The topological polar surface area (TPSA) is 116 Å². The summed E-state index contributed by atoms with van der Waals surface area (Å²) in [4.78, 5) is 7.93. The number of hydrogen-bond donors (Lipinski definition) is 1. The van der Waals surface area contributed by atoms with Crippen molar-refractivity contribution in [1.82, 2.24) is 0 Å². The molecule has 76 valence electrons. The SMILES string of the molecule is CON=[N+]([O-])C(CO)[N+]([O-])=NOC. The highest BCUT2D eigenvalue weighted by molar-refractivity contribution is 4.30. The molecule has 0 atom stereocenters. The van der Waals surface area contributed by atoms with Gasteiger partial charge in [0.25, 0.3) is 0 Å². The fraction of sp³-hybridized carbons (Fsp3) is 1.00. The third-order valence-corrected chi connectivity index (χ3v) is 0.997. The van der Waals surface area contributed by atoms with Crippen LogP contribution in [0.1, 0.15) is 0 Å². The molecule has 0 radical (unpaired) electrons. The molecule has 13 heavy (non-hydrogen) atoms. The van der Waals surface area contributed by atoms with Crippen molar-refractivity contribution in [2.45, 2.75) is 6.17 Å². The van der Waals surface area contributed by atoms with Crippen LogP contribution in [-0.2, 0) is 9.68 Å². The van der Waals surface area contributed by atoms with Gasteiger partial charge in [0.05, 0.1) is 0 Å². The normalized spacial score (nSPS) is 15.3. The van der Waals surface area contributed by atoms with Crippen LogP contribution in [0.5, 0.6) is 0 Å². The molecule has 0 amide bonds. The minimum absolute atomic E-state index is 0.129. The van der Waals surface area contributed by atoms with E-state index < -0.39 is 12.8 Å². The highest BCUT2D eigenvalue weighted by atomic mass is 16.7. The Bertz CT molecular complexity index is 185. The maximum atomic E-state index is 10.8. The van der Waals surface area contributed by atoms with Gasteiger partial charge in [-0.25, -0.2) is 0 Å². The summed E-state index contributed by atoms with van der Waals surface area (Å²) in [5, 5.41) is 35.9. The zero-order valence-electron chi connectivity index (χ0n) is 7.15. The lowest BCUT2D eigenvalue weighted by molar-refractivity contribution is -0.798. The summed E-state index contributed by atoms with van der Waals surface area (Å²) in [7, 11) is 2.25. The predicted octanol–water partition coefficient (Wildman–Crippen LogP) is -0.647. The van der Waals surface area contributed by atoms with Gasteiger partial charge in [0.1, 0.15) is 14.2 Å². The Labute approximate surface area is 73.6 Å². The van der Waals surface area contributed by atoms with Gasteiger partial charge in [0.15, 0.2) is 6.61 Å². The second-order valence-corrected chi connectivity index (χ2v) is 1.80. The molecule has 0 aliphatic carbocycles. The van der Waals surface area contributed by atoms with Crippen molar-refractivity contribution in [2.24, 2.45) is 10.6 Å². The number of aliphatic hydroxyl groups is 1. The fourth-order valence-electron chi connectivity index (χ4n) is 0.494. The van der Waals surface area contributed by atoms with E-state index in [9.17, 15) is 10.4 Å². The van der Waals surface area contributed by atoms with E-state index in [4.69, 9.17) is 5.11 Å². The van der Waals surface area contributed by atoms with E-state index in [1.807, 2.05) is 0 Å². The van der Waals surface area contributed by atoms with E-state index in [0.717, 1.165) is 14.2 Å². The average molecular weight is 194 g/mol. The first-order valence-electron chi connectivity index (χ1n) is 3.19. The Morgan fingerprint density at radius 2 is 1.62 bits per heavy atom. The highest BCUT2D eigenvalue weighted by Crippen LogP contribution is 1.94. The first-order chi connectivity index (χ1) is 6.17. The molecule has 0 rings (SSSR count). The molecule has 0 heterocycles. The predicted molar refractivity (Wildman–Crippen MR) is 37.0 cm³/mol. The first kappa shape index (κ1) is 11.4. The minimum atomic E-state index is -1.51. The van der Waals surface area contributed by atoms with Crippen molar-refractivity contribution >= 4 is 0 Å². The third kappa shape index (κ3) is 3.51. The molecule has 0 aromatic carbocycles. The van der Waals surface area contributed by atoms with Gasteiger partial charge in [-0.1, -0.05) is 0 Å². The van der Waals surface area contributed by atoms with Crippen molar-refractivity contribution in [3.63, 3.8) is 0 Å². The van der Waals surface area contributed by atoms with Crippen LogP contribution in [-0.4, -0.2) is 41.8 Å². The Balaban J connectivity index is 4.50. The lowest BCUT2D eigenvalue weighted by Crippen LogP contribution is -2.33. The Morgan fingerprint density at radius 1 is 1.23 bits per heavy atom. The Kier molecular flexibility index (Phi) is 5.19. The second kappa shape index (κ2) is 5.94. The molecule has 0 aliphatic rings. The second-order valence-electron chi connectivity index (χ2n) is 1.80. The van der Waals surface area contributed by atoms with Crippen LogP contribution in [0.25, 0.3) is 0 Å². The molecule has 0 saturated heterocycles. The van der Waals surface area contributed by atoms with Crippen molar-refractivity contribution in [3.05, 3.63) is 10.4 Å².